The number of aromatic nitrogens is 1. The molecule has 1 aliphatic carbocycles. The standard InChI is InChI=1S/C18H20N4O/c19-7-11(18(20)23)4-10-5-14-13-2-1-3-15-17(13)12(9-22-15)6-16(14)21-8-10/h1-3,9-11,14,16,21-22H,4-6,8H2,(H2,20,23)/t10-,11?,14?,16-/m1/s1. The van der Waals surface area contributed by atoms with Crippen LogP contribution in [0, 0.1) is 23.2 Å². The number of hydrogen-bond donors (Lipinski definition) is 3. The van der Waals surface area contributed by atoms with E-state index in [4.69, 9.17) is 11.0 Å². The summed E-state index contributed by atoms with van der Waals surface area (Å²) < 4.78 is 0. The summed E-state index contributed by atoms with van der Waals surface area (Å²) in [6, 6.07) is 8.93. The normalized spacial score (nSPS) is 27.2. The molecule has 23 heavy (non-hydrogen) atoms. The fraction of sp³-hybridized carbons (Fsp3) is 0.444. The molecule has 1 aromatic heterocycles. The SMILES string of the molecule is N#CC(C[C@H]1CN[C@@H]2Cc3c[nH]c4cccc(c34)C2C1)C(N)=O. The van der Waals surface area contributed by atoms with Gasteiger partial charge in [0.05, 0.1) is 6.07 Å². The van der Waals surface area contributed by atoms with Gasteiger partial charge in [0.25, 0.3) is 0 Å². The number of nitrogens with one attached hydrogen (secondary N) is 2. The molecule has 0 spiro atoms. The Morgan fingerprint density at radius 2 is 2.35 bits per heavy atom. The summed E-state index contributed by atoms with van der Waals surface area (Å²) in [7, 11) is 0. The number of carbonyl (C=O) groups excluding carboxylic acids is 1. The van der Waals surface area contributed by atoms with Crippen LogP contribution in [0.15, 0.2) is 24.4 Å². The number of H-pyrrole nitrogens is 1. The van der Waals surface area contributed by atoms with E-state index in [0.29, 0.717) is 24.3 Å². The summed E-state index contributed by atoms with van der Waals surface area (Å²) in [5.74, 6) is -0.439. The summed E-state index contributed by atoms with van der Waals surface area (Å²) >= 11 is 0. The third kappa shape index (κ3) is 2.30. The van der Waals surface area contributed by atoms with Crippen LogP contribution in [0.1, 0.15) is 29.9 Å². The first-order valence-electron chi connectivity index (χ1n) is 8.18. The monoisotopic (exact) mass is 308 g/mol. The first-order chi connectivity index (χ1) is 11.2. The van der Waals surface area contributed by atoms with Crippen molar-refractivity contribution in [1.29, 1.82) is 5.26 Å². The fourth-order valence-electron chi connectivity index (χ4n) is 4.36. The van der Waals surface area contributed by atoms with Crippen molar-refractivity contribution in [3.05, 3.63) is 35.5 Å². The van der Waals surface area contributed by atoms with Crippen molar-refractivity contribution in [2.24, 2.45) is 17.6 Å². The van der Waals surface area contributed by atoms with E-state index in [-0.39, 0.29) is 0 Å². The van der Waals surface area contributed by atoms with Gasteiger partial charge in [-0.15, -0.1) is 0 Å². The molecule has 2 heterocycles. The summed E-state index contributed by atoms with van der Waals surface area (Å²) in [5.41, 5.74) is 9.29. The molecule has 4 rings (SSSR count). The van der Waals surface area contributed by atoms with Crippen LogP contribution in [0.2, 0.25) is 0 Å². The van der Waals surface area contributed by atoms with Gasteiger partial charge >= 0.3 is 0 Å². The molecule has 118 valence electrons. The highest BCUT2D eigenvalue weighted by molar-refractivity contribution is 5.88. The Kier molecular flexibility index (Phi) is 3.35. The Morgan fingerprint density at radius 1 is 1.48 bits per heavy atom. The van der Waals surface area contributed by atoms with Crippen molar-refractivity contribution in [3.63, 3.8) is 0 Å². The zero-order valence-electron chi connectivity index (χ0n) is 12.9. The number of benzene rings is 1. The van der Waals surface area contributed by atoms with Crippen LogP contribution < -0.4 is 11.1 Å². The lowest BCUT2D eigenvalue weighted by Crippen LogP contribution is -2.47. The molecular formula is C18H20N4O. The Balaban J connectivity index is 1.62. The largest absolute Gasteiger partial charge is 0.369 e. The highest BCUT2D eigenvalue weighted by Gasteiger charge is 2.37. The van der Waals surface area contributed by atoms with Crippen molar-refractivity contribution < 1.29 is 4.79 Å². The summed E-state index contributed by atoms with van der Waals surface area (Å²) in [6.07, 6.45) is 4.72. The first kappa shape index (κ1) is 14.3. The Hall–Kier alpha value is -2.32. The zero-order valence-corrected chi connectivity index (χ0v) is 12.9. The van der Waals surface area contributed by atoms with Crippen molar-refractivity contribution >= 4 is 16.8 Å². The Morgan fingerprint density at radius 3 is 3.13 bits per heavy atom. The molecule has 1 aliphatic heterocycles. The van der Waals surface area contributed by atoms with Crippen LogP contribution in [-0.2, 0) is 11.2 Å². The maximum atomic E-state index is 11.3. The van der Waals surface area contributed by atoms with Gasteiger partial charge in [-0.25, -0.2) is 0 Å². The van der Waals surface area contributed by atoms with Gasteiger partial charge in [0.2, 0.25) is 5.91 Å². The summed E-state index contributed by atoms with van der Waals surface area (Å²) in [4.78, 5) is 14.7. The number of amides is 1. The van der Waals surface area contributed by atoms with Gasteiger partial charge in [-0.3, -0.25) is 4.79 Å². The second kappa shape index (κ2) is 5.39. The molecule has 5 heteroatoms. The molecular weight excluding hydrogens is 288 g/mol. The van der Waals surface area contributed by atoms with E-state index in [1.807, 2.05) is 6.07 Å². The molecule has 4 N–H and O–H groups in total. The maximum absolute atomic E-state index is 11.3. The second-order valence-electron chi connectivity index (χ2n) is 6.83. The molecule has 5 nitrogen and oxygen atoms in total. The minimum absolute atomic E-state index is 0.309. The molecule has 1 amide bonds. The minimum Gasteiger partial charge on any atom is -0.369 e. The fourth-order valence-corrected chi connectivity index (χ4v) is 4.36. The lowest BCUT2D eigenvalue weighted by Gasteiger charge is -2.40. The van der Waals surface area contributed by atoms with E-state index >= 15 is 0 Å². The molecule has 1 saturated heterocycles. The summed E-state index contributed by atoms with van der Waals surface area (Å²) in [5, 5.41) is 14.1. The molecule has 0 radical (unpaired) electrons. The highest BCUT2D eigenvalue weighted by Crippen LogP contribution is 2.42. The first-order valence-corrected chi connectivity index (χ1v) is 8.18. The number of nitriles is 1. The number of carbonyl (C=O) groups is 1. The smallest absolute Gasteiger partial charge is 0.234 e. The predicted molar refractivity (Wildman–Crippen MR) is 87.6 cm³/mol. The molecule has 2 unspecified atom stereocenters. The van der Waals surface area contributed by atoms with Crippen molar-refractivity contribution in [3.8, 4) is 6.07 Å². The number of piperidine rings is 1. The minimum atomic E-state index is -0.680. The zero-order chi connectivity index (χ0) is 16.0. The number of nitrogens with zero attached hydrogens (tertiary/aromatic N) is 1. The van der Waals surface area contributed by atoms with Crippen molar-refractivity contribution in [2.75, 3.05) is 6.54 Å². The lowest BCUT2D eigenvalue weighted by molar-refractivity contribution is -0.120. The molecule has 0 saturated carbocycles. The topological polar surface area (TPSA) is 94.7 Å². The van der Waals surface area contributed by atoms with E-state index in [0.717, 1.165) is 19.4 Å². The number of primary amides is 1. The van der Waals surface area contributed by atoms with Crippen LogP contribution in [-0.4, -0.2) is 23.5 Å². The molecule has 2 aromatic rings. The molecule has 0 bridgehead atoms. The molecule has 1 aromatic carbocycles. The third-order valence-electron chi connectivity index (χ3n) is 5.47. The Bertz CT molecular complexity index is 803. The maximum Gasteiger partial charge on any atom is 0.234 e. The average Bonchev–Trinajstić information content (AvgIpc) is 2.97. The van der Waals surface area contributed by atoms with Gasteiger partial charge in [-0.1, -0.05) is 12.1 Å². The molecule has 1 fully saturated rings. The van der Waals surface area contributed by atoms with Gasteiger partial charge in [0.15, 0.2) is 0 Å². The van der Waals surface area contributed by atoms with Crippen LogP contribution in [0.25, 0.3) is 10.9 Å². The summed E-state index contributed by atoms with van der Waals surface area (Å²) in [6.45, 7) is 0.850. The van der Waals surface area contributed by atoms with E-state index in [2.05, 4.69) is 34.7 Å². The van der Waals surface area contributed by atoms with Crippen LogP contribution >= 0.6 is 0 Å². The van der Waals surface area contributed by atoms with E-state index in [1.165, 1.54) is 22.0 Å². The predicted octanol–water partition coefficient (Wildman–Crippen LogP) is 1.80. The third-order valence-corrected chi connectivity index (χ3v) is 5.47. The lowest BCUT2D eigenvalue weighted by atomic mass is 9.72. The number of hydrogen-bond acceptors (Lipinski definition) is 3. The van der Waals surface area contributed by atoms with Crippen LogP contribution in [0.3, 0.4) is 0 Å². The quantitative estimate of drug-likeness (QED) is 0.807. The van der Waals surface area contributed by atoms with E-state index in [1.54, 1.807) is 0 Å². The second-order valence-corrected chi connectivity index (χ2v) is 6.83. The van der Waals surface area contributed by atoms with E-state index < -0.39 is 11.8 Å². The average molecular weight is 308 g/mol. The number of fused-ring (bicyclic) bond motifs is 2. The van der Waals surface area contributed by atoms with Crippen LogP contribution in [0.4, 0.5) is 0 Å². The van der Waals surface area contributed by atoms with Gasteiger partial charge < -0.3 is 16.0 Å². The number of nitrogens with two attached hydrogens (primary N) is 1. The Labute approximate surface area is 134 Å². The van der Waals surface area contributed by atoms with Gasteiger partial charge in [-0.2, -0.15) is 5.26 Å². The van der Waals surface area contributed by atoms with Gasteiger partial charge in [0, 0.05) is 29.1 Å². The van der Waals surface area contributed by atoms with Gasteiger partial charge in [0.1, 0.15) is 5.92 Å². The van der Waals surface area contributed by atoms with Crippen molar-refractivity contribution in [1.82, 2.24) is 10.3 Å². The molecule has 2 aliphatic rings. The molecule has 4 atom stereocenters. The van der Waals surface area contributed by atoms with Gasteiger partial charge in [-0.05, 0) is 48.9 Å². The highest BCUT2D eigenvalue weighted by atomic mass is 16.1. The van der Waals surface area contributed by atoms with E-state index in [9.17, 15) is 4.79 Å². The number of rotatable bonds is 3. The van der Waals surface area contributed by atoms with Crippen LogP contribution in [0.5, 0.6) is 0 Å². The van der Waals surface area contributed by atoms with Crippen molar-refractivity contribution in [2.45, 2.75) is 31.2 Å². The number of aromatic amines is 1.